The molecule has 20 heteroatoms. The van der Waals surface area contributed by atoms with E-state index in [0.29, 0.717) is 10.4 Å². The number of amides is 2. The summed E-state index contributed by atoms with van der Waals surface area (Å²) in [6.45, 7) is 4.79. The molecule has 258 valence electrons. The maximum atomic E-state index is 13.2. The molecule has 0 bridgehead atoms. The van der Waals surface area contributed by atoms with Gasteiger partial charge < -0.3 is 19.8 Å². The molecule has 0 unspecified atom stereocenters. The molecule has 0 aliphatic rings. The van der Waals surface area contributed by atoms with E-state index in [4.69, 9.17) is 21.1 Å². The third-order valence-electron chi connectivity index (χ3n) is 5.92. The van der Waals surface area contributed by atoms with Crippen LogP contribution in [0.2, 0.25) is 5.02 Å². The van der Waals surface area contributed by atoms with Crippen LogP contribution in [0.5, 0.6) is 0 Å². The standard InChI is InChI=1S/C27H28ClF6N5O7S/c1-5-45-21(40)13-39(47(43,44)38-24(42)46-25(2,3)4)20-9-6-14(10-16(20)28)11-19(37-23(41)27(32,33)34)22-35-17-8-7-15(26(29,30)31)12-18(17)36-22/h6-10,12,19H,5,11,13H2,1-4H3,(H,35,36)(H,37,41)(H,38,42)/t19-/m0/s1. The average molecular weight is 716 g/mol. The van der Waals surface area contributed by atoms with Crippen molar-refractivity contribution in [3.63, 3.8) is 0 Å². The Morgan fingerprint density at radius 3 is 2.26 bits per heavy atom. The van der Waals surface area contributed by atoms with Crippen LogP contribution in [0.1, 0.15) is 50.7 Å². The van der Waals surface area contributed by atoms with E-state index in [9.17, 15) is 49.1 Å². The molecular weight excluding hydrogens is 688 g/mol. The van der Waals surface area contributed by atoms with Crippen LogP contribution >= 0.6 is 11.6 Å². The van der Waals surface area contributed by atoms with Crippen LogP contribution in [-0.4, -0.2) is 61.3 Å². The molecule has 0 saturated heterocycles. The number of halogens is 7. The molecule has 1 aromatic heterocycles. The van der Waals surface area contributed by atoms with Crippen LogP contribution in [0, 0.1) is 0 Å². The minimum absolute atomic E-state index is 0.0371. The number of imidazole rings is 1. The lowest BCUT2D eigenvalue weighted by molar-refractivity contribution is -0.174. The maximum absolute atomic E-state index is 13.2. The lowest BCUT2D eigenvalue weighted by Crippen LogP contribution is -2.47. The Kier molecular flexibility index (Phi) is 11.0. The highest BCUT2D eigenvalue weighted by Gasteiger charge is 2.40. The van der Waals surface area contributed by atoms with Gasteiger partial charge in [0.15, 0.2) is 0 Å². The molecule has 1 atom stereocenters. The second-order valence-corrected chi connectivity index (χ2v) is 12.8. The average Bonchev–Trinajstić information content (AvgIpc) is 3.33. The molecule has 12 nitrogen and oxygen atoms in total. The highest BCUT2D eigenvalue weighted by molar-refractivity contribution is 7.91. The van der Waals surface area contributed by atoms with Crippen molar-refractivity contribution in [2.24, 2.45) is 0 Å². The van der Waals surface area contributed by atoms with Crippen molar-refractivity contribution in [2.75, 3.05) is 17.5 Å². The fourth-order valence-corrected chi connectivity index (χ4v) is 5.44. The van der Waals surface area contributed by atoms with E-state index in [1.807, 2.05) is 0 Å². The van der Waals surface area contributed by atoms with Crippen LogP contribution in [0.25, 0.3) is 11.0 Å². The minimum Gasteiger partial charge on any atom is -0.465 e. The Morgan fingerprint density at radius 2 is 1.70 bits per heavy atom. The van der Waals surface area contributed by atoms with Crippen LogP contribution in [0.3, 0.4) is 0 Å². The molecule has 0 radical (unpaired) electrons. The molecular formula is C27H28ClF6N5O7S. The highest BCUT2D eigenvalue weighted by atomic mass is 35.5. The number of hydrogen-bond acceptors (Lipinski definition) is 8. The largest absolute Gasteiger partial charge is 0.471 e. The molecule has 2 aromatic carbocycles. The van der Waals surface area contributed by atoms with Crippen molar-refractivity contribution >= 4 is 56.5 Å². The summed E-state index contributed by atoms with van der Waals surface area (Å²) in [6.07, 6.45) is -11.9. The summed E-state index contributed by atoms with van der Waals surface area (Å²) in [5.74, 6) is -3.73. The van der Waals surface area contributed by atoms with E-state index in [1.54, 1.807) is 10.0 Å². The number of anilines is 1. The number of ether oxygens (including phenoxy) is 2. The first kappa shape index (κ1) is 37.2. The van der Waals surface area contributed by atoms with Crippen LogP contribution in [-0.2, 0) is 41.9 Å². The van der Waals surface area contributed by atoms with Crippen molar-refractivity contribution in [3.8, 4) is 0 Å². The number of fused-ring (bicyclic) bond motifs is 1. The molecule has 2 amide bonds. The lowest BCUT2D eigenvalue weighted by Gasteiger charge is -2.26. The normalized spacial score (nSPS) is 13.2. The number of hydrogen-bond donors (Lipinski definition) is 3. The second kappa shape index (κ2) is 13.8. The number of nitrogens with one attached hydrogen (secondary N) is 3. The molecule has 0 aliphatic heterocycles. The molecule has 0 spiro atoms. The van der Waals surface area contributed by atoms with Gasteiger partial charge >= 0.3 is 40.5 Å². The maximum Gasteiger partial charge on any atom is 0.471 e. The van der Waals surface area contributed by atoms with Gasteiger partial charge in [0.2, 0.25) is 0 Å². The van der Waals surface area contributed by atoms with Gasteiger partial charge in [0, 0.05) is 0 Å². The van der Waals surface area contributed by atoms with E-state index < -0.39 is 70.7 Å². The van der Waals surface area contributed by atoms with Crippen molar-refractivity contribution in [1.29, 1.82) is 0 Å². The number of aromatic amines is 1. The molecule has 3 N–H and O–H groups in total. The second-order valence-electron chi connectivity index (χ2n) is 10.8. The Labute approximate surface area is 268 Å². The summed E-state index contributed by atoms with van der Waals surface area (Å²) in [6, 6.07) is 4.20. The summed E-state index contributed by atoms with van der Waals surface area (Å²) >= 11 is 6.37. The van der Waals surface area contributed by atoms with Crippen molar-refractivity contribution in [1.82, 2.24) is 20.0 Å². The molecule has 3 rings (SSSR count). The molecule has 1 heterocycles. The summed E-state index contributed by atoms with van der Waals surface area (Å²) in [4.78, 5) is 42.9. The van der Waals surface area contributed by atoms with E-state index in [1.165, 1.54) is 33.8 Å². The number of rotatable bonds is 10. The molecule has 47 heavy (non-hydrogen) atoms. The number of H-pyrrole nitrogens is 1. The van der Waals surface area contributed by atoms with Gasteiger partial charge in [-0.1, -0.05) is 17.7 Å². The third kappa shape index (κ3) is 10.1. The summed E-state index contributed by atoms with van der Waals surface area (Å²) in [5.41, 5.74) is -2.63. The number of esters is 1. The van der Waals surface area contributed by atoms with Gasteiger partial charge in [-0.3, -0.25) is 9.59 Å². The fraction of sp³-hybridized carbons (Fsp3) is 0.407. The molecule has 0 aliphatic carbocycles. The van der Waals surface area contributed by atoms with Crippen LogP contribution in [0.15, 0.2) is 36.4 Å². The molecule has 3 aromatic rings. The smallest absolute Gasteiger partial charge is 0.465 e. The Hall–Kier alpha value is -4.26. The fourth-order valence-electron chi connectivity index (χ4n) is 4.03. The summed E-state index contributed by atoms with van der Waals surface area (Å²) in [5, 5.41) is 1.36. The van der Waals surface area contributed by atoms with Gasteiger partial charge in [-0.15, -0.1) is 0 Å². The quantitative estimate of drug-likeness (QED) is 0.188. The first-order chi connectivity index (χ1) is 21.5. The topological polar surface area (TPSA) is 160 Å². The van der Waals surface area contributed by atoms with Gasteiger partial charge in [0.25, 0.3) is 0 Å². The summed E-state index contributed by atoms with van der Waals surface area (Å²) in [7, 11) is -4.88. The molecule has 0 saturated carbocycles. The number of alkyl halides is 6. The Morgan fingerprint density at radius 1 is 1.04 bits per heavy atom. The Bertz CT molecular complexity index is 1760. The predicted octanol–water partition coefficient (Wildman–Crippen LogP) is 5.34. The zero-order chi connectivity index (χ0) is 35.5. The van der Waals surface area contributed by atoms with E-state index in [2.05, 4.69) is 9.97 Å². The van der Waals surface area contributed by atoms with Crippen molar-refractivity contribution in [3.05, 3.63) is 58.4 Å². The summed E-state index contributed by atoms with van der Waals surface area (Å²) < 4.78 is 117. The van der Waals surface area contributed by atoms with Gasteiger partial charge in [-0.05, 0) is 70.0 Å². The van der Waals surface area contributed by atoms with Crippen molar-refractivity contribution < 1.29 is 58.6 Å². The highest BCUT2D eigenvalue weighted by Crippen LogP contribution is 2.33. The number of carbonyl (C=O) groups excluding carboxylic acids is 3. The van der Waals surface area contributed by atoms with Gasteiger partial charge in [0.1, 0.15) is 18.0 Å². The monoisotopic (exact) mass is 715 g/mol. The number of carbonyl (C=O) groups is 3. The number of benzene rings is 2. The first-order valence-corrected chi connectivity index (χ1v) is 15.2. The SMILES string of the molecule is CCOC(=O)CN(c1ccc(C[C@H](NC(=O)C(F)(F)F)c2nc3ccc(C(F)(F)F)cc3[nH]2)cc1Cl)S(=O)(=O)NC(=O)OC(C)(C)C. The first-order valence-electron chi connectivity index (χ1n) is 13.4. The molecule has 0 fully saturated rings. The zero-order valence-electron chi connectivity index (χ0n) is 25.0. The third-order valence-corrected chi connectivity index (χ3v) is 7.55. The van der Waals surface area contributed by atoms with E-state index in [0.717, 1.165) is 24.3 Å². The zero-order valence-corrected chi connectivity index (χ0v) is 26.5. The lowest BCUT2D eigenvalue weighted by atomic mass is 10.0. The Balaban J connectivity index is 2.01. The van der Waals surface area contributed by atoms with E-state index >= 15 is 0 Å². The van der Waals surface area contributed by atoms with Gasteiger partial charge in [0.05, 0.1) is 40.0 Å². The van der Waals surface area contributed by atoms with Crippen LogP contribution < -0.4 is 14.3 Å². The van der Waals surface area contributed by atoms with Gasteiger partial charge in [-0.25, -0.2) is 18.8 Å². The van der Waals surface area contributed by atoms with Crippen LogP contribution in [0.4, 0.5) is 36.8 Å². The predicted molar refractivity (Wildman–Crippen MR) is 155 cm³/mol. The van der Waals surface area contributed by atoms with E-state index in [-0.39, 0.29) is 39.7 Å². The van der Waals surface area contributed by atoms with Gasteiger partial charge in [-0.2, -0.15) is 34.8 Å². The minimum atomic E-state index is -5.34. The number of nitrogens with zero attached hydrogens (tertiary/aromatic N) is 2. The number of aromatic nitrogens is 2. The van der Waals surface area contributed by atoms with Crippen molar-refractivity contribution in [2.45, 2.75) is 58.1 Å².